The summed E-state index contributed by atoms with van der Waals surface area (Å²) in [5.74, 6) is 10.7. The van der Waals surface area contributed by atoms with Crippen LogP contribution in [0.2, 0.25) is 0 Å². The summed E-state index contributed by atoms with van der Waals surface area (Å²) < 4.78 is 52.0. The smallest absolute Gasteiger partial charge is 0.253 e. The van der Waals surface area contributed by atoms with Gasteiger partial charge in [0.1, 0.15) is 11.5 Å². The van der Waals surface area contributed by atoms with Crippen LogP contribution in [-0.4, -0.2) is 16.8 Å². The van der Waals surface area contributed by atoms with E-state index in [-0.39, 0.29) is 9.79 Å². The molecule has 2 aromatic rings. The summed E-state index contributed by atoms with van der Waals surface area (Å²) in [6, 6.07) is 9.79. The van der Waals surface area contributed by atoms with E-state index in [1.165, 1.54) is 42.5 Å². The lowest BCUT2D eigenvalue weighted by Crippen LogP contribution is -2.30. The molecule has 0 heterocycles. The van der Waals surface area contributed by atoms with Crippen molar-refractivity contribution in [1.29, 1.82) is 0 Å². The van der Waals surface area contributed by atoms with E-state index in [1.807, 2.05) is 0 Å². The zero-order valence-electron chi connectivity index (χ0n) is 12.6. The predicted molar refractivity (Wildman–Crippen MR) is 86.7 cm³/mol. The van der Waals surface area contributed by atoms with Crippen LogP contribution in [0.15, 0.2) is 52.3 Å². The molecule has 0 aliphatic heterocycles. The van der Waals surface area contributed by atoms with E-state index in [4.69, 9.17) is 16.4 Å². The Hall–Kier alpha value is -2.02. The van der Waals surface area contributed by atoms with Crippen LogP contribution < -0.4 is 26.1 Å². The number of benzene rings is 2. The molecular weight excluding hydrogens is 356 g/mol. The van der Waals surface area contributed by atoms with Crippen LogP contribution in [-0.2, 0) is 20.0 Å². The van der Waals surface area contributed by atoms with Crippen molar-refractivity contribution in [2.75, 3.05) is 0 Å². The van der Waals surface area contributed by atoms with Gasteiger partial charge in [-0.15, -0.1) is 0 Å². The Morgan fingerprint density at radius 3 is 1.83 bits per heavy atom. The number of sulfonamides is 2. The molecule has 0 aliphatic carbocycles. The first kappa shape index (κ1) is 18.3. The summed E-state index contributed by atoms with van der Waals surface area (Å²) in [4.78, 5) is 3.45. The summed E-state index contributed by atoms with van der Waals surface area (Å²) in [6.45, 7) is 1.67. The van der Waals surface area contributed by atoms with Crippen molar-refractivity contribution in [3.63, 3.8) is 0 Å². The molecule has 0 unspecified atom stereocenters. The lowest BCUT2D eigenvalue weighted by Gasteiger charge is -2.11. The lowest BCUT2D eigenvalue weighted by molar-refractivity contribution is 0.477. The van der Waals surface area contributed by atoms with Gasteiger partial charge in [-0.05, 0) is 55.0 Å². The van der Waals surface area contributed by atoms with Gasteiger partial charge in [0.25, 0.3) is 20.0 Å². The van der Waals surface area contributed by atoms with Gasteiger partial charge in [0.15, 0.2) is 0 Å². The minimum Gasteiger partial charge on any atom is -0.457 e. The van der Waals surface area contributed by atoms with Crippen molar-refractivity contribution < 1.29 is 21.6 Å². The zero-order valence-corrected chi connectivity index (χ0v) is 14.2. The molecule has 0 saturated heterocycles. The van der Waals surface area contributed by atoms with Gasteiger partial charge < -0.3 is 4.74 Å². The molecule has 0 saturated carbocycles. The van der Waals surface area contributed by atoms with Gasteiger partial charge in [0, 0.05) is 0 Å². The molecule has 0 atom stereocenters. The van der Waals surface area contributed by atoms with Crippen LogP contribution >= 0.6 is 0 Å². The molecule has 24 heavy (non-hydrogen) atoms. The standard InChI is InChI=1S/C13H16N4O5S2/c1-9-8-12(24(20,21)17-15)6-7-13(9)22-10-2-4-11(5-3-10)23(18,19)16-14/h2-8,16-17H,14-15H2,1H3. The molecule has 6 N–H and O–H groups in total. The summed E-state index contributed by atoms with van der Waals surface area (Å²) in [6.07, 6.45) is 0. The first-order valence-electron chi connectivity index (χ1n) is 6.53. The number of nitrogens with two attached hydrogens (primary N) is 2. The minimum atomic E-state index is -3.75. The van der Waals surface area contributed by atoms with E-state index in [0.717, 1.165) is 0 Å². The van der Waals surface area contributed by atoms with Gasteiger partial charge in [-0.3, -0.25) is 11.7 Å². The van der Waals surface area contributed by atoms with Gasteiger partial charge >= 0.3 is 0 Å². The molecule has 2 aromatic carbocycles. The third kappa shape index (κ3) is 3.90. The van der Waals surface area contributed by atoms with E-state index < -0.39 is 20.0 Å². The topological polar surface area (TPSA) is 154 Å². The number of hydrogen-bond donors (Lipinski definition) is 4. The molecule has 0 aliphatic rings. The number of aryl methyl sites for hydroxylation is 1. The van der Waals surface area contributed by atoms with E-state index in [1.54, 1.807) is 16.6 Å². The highest BCUT2D eigenvalue weighted by molar-refractivity contribution is 7.89. The van der Waals surface area contributed by atoms with Crippen molar-refractivity contribution in [2.24, 2.45) is 11.7 Å². The fraction of sp³-hybridized carbons (Fsp3) is 0.0769. The molecule has 9 nitrogen and oxygen atoms in total. The van der Waals surface area contributed by atoms with E-state index in [0.29, 0.717) is 17.1 Å². The lowest BCUT2D eigenvalue weighted by atomic mass is 10.2. The summed E-state index contributed by atoms with van der Waals surface area (Å²) in [5, 5.41) is 0. The van der Waals surface area contributed by atoms with E-state index in [9.17, 15) is 16.8 Å². The Bertz CT molecular complexity index is 941. The highest BCUT2D eigenvalue weighted by Gasteiger charge is 2.14. The third-order valence-electron chi connectivity index (χ3n) is 3.13. The Morgan fingerprint density at radius 1 is 0.833 bits per heavy atom. The second kappa shape index (κ2) is 6.84. The number of hydrazine groups is 2. The van der Waals surface area contributed by atoms with E-state index >= 15 is 0 Å². The molecular formula is C13H16N4O5S2. The van der Waals surface area contributed by atoms with Gasteiger partial charge in [-0.1, -0.05) is 0 Å². The van der Waals surface area contributed by atoms with Crippen molar-refractivity contribution in [3.8, 4) is 11.5 Å². The molecule has 0 spiro atoms. The van der Waals surface area contributed by atoms with E-state index in [2.05, 4.69) is 0 Å². The first-order chi connectivity index (χ1) is 11.2. The highest BCUT2D eigenvalue weighted by atomic mass is 32.2. The molecule has 130 valence electrons. The summed E-state index contributed by atoms with van der Waals surface area (Å²) >= 11 is 0. The number of ether oxygens (including phenoxy) is 1. The van der Waals surface area contributed by atoms with Gasteiger partial charge in [0.05, 0.1) is 9.79 Å². The maximum Gasteiger partial charge on any atom is 0.253 e. The molecule has 0 radical (unpaired) electrons. The molecule has 0 bridgehead atoms. The van der Waals surface area contributed by atoms with Crippen LogP contribution in [0.5, 0.6) is 11.5 Å². The maximum absolute atomic E-state index is 11.6. The van der Waals surface area contributed by atoms with Crippen LogP contribution in [0.3, 0.4) is 0 Å². The highest BCUT2D eigenvalue weighted by Crippen LogP contribution is 2.27. The summed E-state index contributed by atoms with van der Waals surface area (Å²) in [7, 11) is -7.48. The SMILES string of the molecule is Cc1cc(S(=O)(=O)NN)ccc1Oc1ccc(S(=O)(=O)NN)cc1. The van der Waals surface area contributed by atoms with Gasteiger partial charge in [-0.25, -0.2) is 16.8 Å². The number of rotatable bonds is 6. The fourth-order valence-electron chi connectivity index (χ4n) is 1.85. The zero-order chi connectivity index (χ0) is 18.0. The van der Waals surface area contributed by atoms with Gasteiger partial charge in [-0.2, -0.15) is 9.66 Å². The van der Waals surface area contributed by atoms with Crippen molar-refractivity contribution >= 4 is 20.0 Å². The fourth-order valence-corrected chi connectivity index (χ4v) is 3.20. The van der Waals surface area contributed by atoms with Crippen molar-refractivity contribution in [2.45, 2.75) is 16.7 Å². The third-order valence-corrected chi connectivity index (χ3v) is 5.52. The molecule has 0 amide bonds. The molecule has 0 fully saturated rings. The molecule has 0 aromatic heterocycles. The van der Waals surface area contributed by atoms with Crippen molar-refractivity contribution in [1.82, 2.24) is 9.66 Å². The molecule has 2 rings (SSSR count). The Balaban J connectivity index is 2.26. The minimum absolute atomic E-state index is 0.00492. The quantitative estimate of drug-likeness (QED) is 0.414. The number of hydrogen-bond acceptors (Lipinski definition) is 7. The average Bonchev–Trinajstić information content (AvgIpc) is 2.57. The van der Waals surface area contributed by atoms with Crippen LogP contribution in [0.25, 0.3) is 0 Å². The Kier molecular flexibility index (Phi) is 5.22. The van der Waals surface area contributed by atoms with Crippen molar-refractivity contribution in [3.05, 3.63) is 48.0 Å². The summed E-state index contributed by atoms with van der Waals surface area (Å²) in [5.41, 5.74) is 0.562. The number of nitrogens with one attached hydrogen (secondary N) is 2. The Morgan fingerprint density at radius 2 is 1.33 bits per heavy atom. The predicted octanol–water partition coefficient (Wildman–Crippen LogP) is 0.0913. The first-order valence-corrected chi connectivity index (χ1v) is 9.49. The largest absolute Gasteiger partial charge is 0.457 e. The van der Waals surface area contributed by atoms with Crippen LogP contribution in [0, 0.1) is 6.92 Å². The molecule has 11 heteroatoms. The van der Waals surface area contributed by atoms with Crippen LogP contribution in [0.1, 0.15) is 5.56 Å². The average molecular weight is 372 g/mol. The Labute approximate surface area is 139 Å². The monoisotopic (exact) mass is 372 g/mol. The van der Waals surface area contributed by atoms with Crippen LogP contribution in [0.4, 0.5) is 0 Å². The second-order valence-corrected chi connectivity index (χ2v) is 8.17. The normalized spacial score (nSPS) is 12.1. The second-order valence-electron chi connectivity index (χ2n) is 4.74. The van der Waals surface area contributed by atoms with Gasteiger partial charge in [0.2, 0.25) is 0 Å². The maximum atomic E-state index is 11.6.